The molecule has 0 spiro atoms. The Kier molecular flexibility index (Phi) is 5.99. The largest absolute Gasteiger partial charge is 0.495 e. The van der Waals surface area contributed by atoms with Gasteiger partial charge in [-0.05, 0) is 36.8 Å². The molecule has 0 bridgehead atoms. The Hall–Kier alpha value is -3.65. The second-order valence-corrected chi connectivity index (χ2v) is 7.16. The van der Waals surface area contributed by atoms with Gasteiger partial charge in [-0.3, -0.25) is 9.78 Å². The summed E-state index contributed by atoms with van der Waals surface area (Å²) < 4.78 is 7.00. The third kappa shape index (κ3) is 4.29. The number of nitrogens with zero attached hydrogens (tertiary/aromatic N) is 4. The Labute approximate surface area is 184 Å². The summed E-state index contributed by atoms with van der Waals surface area (Å²) in [7, 11) is 1.58. The molecule has 0 fully saturated rings. The molecule has 0 aliphatic heterocycles. The average Bonchev–Trinajstić information content (AvgIpc) is 3.21. The molecular weight excluding hydrogens is 416 g/mol. The molecule has 4 rings (SSSR count). The van der Waals surface area contributed by atoms with Crippen molar-refractivity contribution < 1.29 is 9.53 Å². The maximum atomic E-state index is 13.0. The van der Waals surface area contributed by atoms with E-state index in [0.29, 0.717) is 46.4 Å². The van der Waals surface area contributed by atoms with Crippen LogP contribution >= 0.6 is 11.6 Å². The van der Waals surface area contributed by atoms with Crippen molar-refractivity contribution in [2.24, 2.45) is 0 Å². The first kappa shape index (κ1) is 20.6. The Morgan fingerprint density at radius 3 is 2.71 bits per heavy atom. The molecule has 3 aromatic heterocycles. The van der Waals surface area contributed by atoms with Crippen LogP contribution in [0.15, 0.2) is 55.1 Å². The van der Waals surface area contributed by atoms with Gasteiger partial charge in [-0.2, -0.15) is 5.10 Å². The minimum Gasteiger partial charge on any atom is -0.495 e. The van der Waals surface area contributed by atoms with E-state index in [2.05, 4.69) is 25.7 Å². The number of nitrogens with one attached hydrogen (secondary N) is 2. The minimum atomic E-state index is -0.278. The number of hydrogen-bond donors (Lipinski definition) is 2. The number of halogens is 1. The number of carbonyl (C=O) groups is 1. The van der Waals surface area contributed by atoms with Gasteiger partial charge in [0.25, 0.3) is 5.91 Å². The van der Waals surface area contributed by atoms with Gasteiger partial charge in [-0.15, -0.1) is 0 Å². The topological polar surface area (TPSA) is 94.0 Å². The summed E-state index contributed by atoms with van der Waals surface area (Å²) in [4.78, 5) is 21.5. The molecule has 158 valence electrons. The van der Waals surface area contributed by atoms with E-state index in [0.717, 1.165) is 10.9 Å². The highest BCUT2D eigenvalue weighted by molar-refractivity contribution is 6.32. The van der Waals surface area contributed by atoms with Crippen LogP contribution in [0.5, 0.6) is 5.75 Å². The van der Waals surface area contributed by atoms with Crippen LogP contribution in [0.2, 0.25) is 5.02 Å². The molecule has 0 unspecified atom stereocenters. The second kappa shape index (κ2) is 9.01. The van der Waals surface area contributed by atoms with E-state index in [1.165, 1.54) is 0 Å². The highest BCUT2D eigenvalue weighted by Gasteiger charge is 2.18. The number of carbonyl (C=O) groups excluding carboxylic acids is 1. The molecule has 0 radical (unpaired) electrons. The van der Waals surface area contributed by atoms with Crippen molar-refractivity contribution >= 4 is 39.9 Å². The van der Waals surface area contributed by atoms with Crippen LogP contribution in [0.25, 0.3) is 11.0 Å². The van der Waals surface area contributed by atoms with E-state index in [1.807, 2.05) is 25.1 Å². The maximum Gasteiger partial charge on any atom is 0.259 e. The van der Waals surface area contributed by atoms with Crippen molar-refractivity contribution in [1.29, 1.82) is 0 Å². The normalized spacial score (nSPS) is 10.8. The van der Waals surface area contributed by atoms with Crippen LogP contribution in [-0.4, -0.2) is 32.8 Å². The Morgan fingerprint density at radius 2 is 2.00 bits per heavy atom. The number of aryl methyl sites for hydroxylation is 1. The summed E-state index contributed by atoms with van der Waals surface area (Å²) >= 11 is 6.26. The quantitative estimate of drug-likeness (QED) is 0.446. The standard InChI is InChI=1S/C22H21ClN6O2/c1-3-29-21-16(13-27-29)20(25-11-14-4-5-19(31-2)18(23)10-14)17(12-26-21)22(30)28-15-6-8-24-9-7-15/h4-10,12-13H,3,11H2,1-2H3,(H,25,26)(H,24,28,30). The molecule has 0 aliphatic rings. The monoisotopic (exact) mass is 436 g/mol. The molecule has 8 nitrogen and oxygen atoms in total. The van der Waals surface area contributed by atoms with E-state index in [9.17, 15) is 4.79 Å². The molecule has 0 saturated heterocycles. The lowest BCUT2D eigenvalue weighted by atomic mass is 10.1. The van der Waals surface area contributed by atoms with Gasteiger partial charge in [0, 0.05) is 37.4 Å². The first-order valence-corrected chi connectivity index (χ1v) is 10.1. The summed E-state index contributed by atoms with van der Waals surface area (Å²) in [5.74, 6) is 0.332. The summed E-state index contributed by atoms with van der Waals surface area (Å²) in [6, 6.07) is 9.02. The van der Waals surface area contributed by atoms with E-state index in [1.54, 1.807) is 48.7 Å². The highest BCUT2D eigenvalue weighted by Crippen LogP contribution is 2.29. The molecule has 1 amide bonds. The predicted molar refractivity (Wildman–Crippen MR) is 121 cm³/mol. The van der Waals surface area contributed by atoms with E-state index in [-0.39, 0.29) is 5.91 Å². The molecule has 0 atom stereocenters. The molecule has 0 aliphatic carbocycles. The van der Waals surface area contributed by atoms with Gasteiger partial charge < -0.3 is 15.4 Å². The summed E-state index contributed by atoms with van der Waals surface area (Å²) in [6.45, 7) is 3.12. The molecule has 1 aromatic carbocycles. The Bertz CT molecular complexity index is 1230. The zero-order valence-corrected chi connectivity index (χ0v) is 17.8. The number of hydrogen-bond acceptors (Lipinski definition) is 6. The Balaban J connectivity index is 1.68. The number of amides is 1. The predicted octanol–water partition coefficient (Wildman–Crippen LogP) is 4.37. The van der Waals surface area contributed by atoms with Crippen molar-refractivity contribution in [3.63, 3.8) is 0 Å². The van der Waals surface area contributed by atoms with E-state index < -0.39 is 0 Å². The first-order valence-electron chi connectivity index (χ1n) is 9.73. The second-order valence-electron chi connectivity index (χ2n) is 6.76. The maximum absolute atomic E-state index is 13.0. The lowest BCUT2D eigenvalue weighted by Gasteiger charge is -2.14. The molecule has 31 heavy (non-hydrogen) atoms. The molecule has 9 heteroatoms. The molecular formula is C22H21ClN6O2. The number of ether oxygens (including phenoxy) is 1. The van der Waals surface area contributed by atoms with Gasteiger partial charge in [0.1, 0.15) is 5.75 Å². The van der Waals surface area contributed by atoms with Crippen molar-refractivity contribution in [1.82, 2.24) is 19.7 Å². The fourth-order valence-corrected chi connectivity index (χ4v) is 3.55. The van der Waals surface area contributed by atoms with Crippen LogP contribution in [0, 0.1) is 0 Å². The average molecular weight is 437 g/mol. The fourth-order valence-electron chi connectivity index (χ4n) is 3.26. The first-order chi connectivity index (χ1) is 15.1. The molecule has 0 saturated carbocycles. The van der Waals surface area contributed by atoms with Crippen molar-refractivity contribution in [3.05, 3.63) is 71.3 Å². The molecule has 4 aromatic rings. The van der Waals surface area contributed by atoms with Crippen molar-refractivity contribution in [2.75, 3.05) is 17.7 Å². The van der Waals surface area contributed by atoms with Crippen LogP contribution in [-0.2, 0) is 13.1 Å². The van der Waals surface area contributed by atoms with E-state index >= 15 is 0 Å². The van der Waals surface area contributed by atoms with E-state index in [4.69, 9.17) is 16.3 Å². The van der Waals surface area contributed by atoms with Crippen LogP contribution in [0.3, 0.4) is 0 Å². The summed E-state index contributed by atoms with van der Waals surface area (Å²) in [5, 5.41) is 11.9. The van der Waals surface area contributed by atoms with Crippen LogP contribution < -0.4 is 15.4 Å². The number of fused-ring (bicyclic) bond motifs is 1. The van der Waals surface area contributed by atoms with Gasteiger partial charge in [-0.25, -0.2) is 9.67 Å². The van der Waals surface area contributed by atoms with Gasteiger partial charge in [0.2, 0.25) is 0 Å². The number of methoxy groups -OCH3 is 1. The fraction of sp³-hybridized carbons (Fsp3) is 0.182. The zero-order chi connectivity index (χ0) is 21.8. The molecule has 2 N–H and O–H groups in total. The Morgan fingerprint density at radius 1 is 1.19 bits per heavy atom. The van der Waals surface area contributed by atoms with Crippen LogP contribution in [0.4, 0.5) is 11.4 Å². The van der Waals surface area contributed by atoms with Gasteiger partial charge in [-0.1, -0.05) is 17.7 Å². The lowest BCUT2D eigenvalue weighted by Crippen LogP contribution is -2.16. The molecule has 3 heterocycles. The number of pyridine rings is 2. The van der Waals surface area contributed by atoms with Gasteiger partial charge in [0.05, 0.1) is 35.0 Å². The van der Waals surface area contributed by atoms with Crippen molar-refractivity contribution in [3.8, 4) is 5.75 Å². The number of rotatable bonds is 7. The number of benzene rings is 1. The third-order valence-electron chi connectivity index (χ3n) is 4.83. The summed E-state index contributed by atoms with van der Waals surface area (Å²) in [5.41, 5.74) is 3.37. The highest BCUT2D eigenvalue weighted by atomic mass is 35.5. The summed E-state index contributed by atoms with van der Waals surface area (Å²) in [6.07, 6.45) is 6.53. The lowest BCUT2D eigenvalue weighted by molar-refractivity contribution is 0.102. The zero-order valence-electron chi connectivity index (χ0n) is 17.1. The number of aromatic nitrogens is 4. The third-order valence-corrected chi connectivity index (χ3v) is 5.13. The van der Waals surface area contributed by atoms with Crippen LogP contribution in [0.1, 0.15) is 22.8 Å². The van der Waals surface area contributed by atoms with Gasteiger partial charge >= 0.3 is 0 Å². The number of anilines is 2. The smallest absolute Gasteiger partial charge is 0.259 e. The van der Waals surface area contributed by atoms with Gasteiger partial charge in [0.15, 0.2) is 5.65 Å². The van der Waals surface area contributed by atoms with Crippen molar-refractivity contribution in [2.45, 2.75) is 20.0 Å². The SMILES string of the molecule is CCn1ncc2c(NCc3ccc(OC)c(Cl)c3)c(C(=O)Nc3ccncc3)cnc21. The minimum absolute atomic E-state index is 0.278.